The molecule has 0 unspecified atom stereocenters. The molecule has 2 aliphatic rings. The van der Waals surface area contributed by atoms with Crippen LogP contribution in [0.5, 0.6) is 0 Å². The quantitative estimate of drug-likeness (QED) is 0.210. The molecule has 14 heteroatoms. The number of fused-ring (bicyclic) bond motifs is 2. The molecule has 1 saturated heterocycles. The van der Waals surface area contributed by atoms with Gasteiger partial charge in [-0.05, 0) is 87.0 Å². The highest BCUT2D eigenvalue weighted by Gasteiger charge is 2.33. The summed E-state index contributed by atoms with van der Waals surface area (Å²) < 4.78 is 82.3. The van der Waals surface area contributed by atoms with Gasteiger partial charge in [0.05, 0.1) is 22.4 Å². The van der Waals surface area contributed by atoms with Crippen LogP contribution in [0.3, 0.4) is 0 Å². The minimum absolute atomic E-state index is 0.121. The van der Waals surface area contributed by atoms with Crippen molar-refractivity contribution in [1.29, 1.82) is 0 Å². The summed E-state index contributed by atoms with van der Waals surface area (Å²) in [4.78, 5) is 16.0. The fraction of sp³-hybridized carbons (Fsp3) is 0.455. The summed E-state index contributed by atoms with van der Waals surface area (Å²) in [5, 5.41) is 8.65. The van der Waals surface area contributed by atoms with Gasteiger partial charge in [-0.15, -0.1) is 11.3 Å². The van der Waals surface area contributed by atoms with Gasteiger partial charge < -0.3 is 10.2 Å². The van der Waals surface area contributed by atoms with Crippen molar-refractivity contribution in [3.05, 3.63) is 75.5 Å². The van der Waals surface area contributed by atoms with E-state index in [0.29, 0.717) is 42.2 Å². The fourth-order valence-corrected chi connectivity index (χ4v) is 8.79. The first-order valence-corrected chi connectivity index (χ1v) is 18.4. The number of carbonyl (C=O) groups is 1. The summed E-state index contributed by atoms with van der Waals surface area (Å²) >= 11 is 1.34. The van der Waals surface area contributed by atoms with Gasteiger partial charge in [0.25, 0.3) is 5.91 Å². The average Bonchev–Trinajstić information content (AvgIpc) is 3.59. The second kappa shape index (κ2) is 13.3. The van der Waals surface area contributed by atoms with E-state index < -0.39 is 21.8 Å². The van der Waals surface area contributed by atoms with Gasteiger partial charge in [0.1, 0.15) is 5.82 Å². The number of piperidine rings is 1. The number of likely N-dealkylation sites (tertiary alicyclic amines) is 1. The van der Waals surface area contributed by atoms with Crippen LogP contribution in [-0.2, 0) is 35.7 Å². The number of aryl methyl sites for hydroxylation is 1. The topological polar surface area (TPSA) is 87.5 Å². The Hall–Kier alpha value is -3.33. The molecular formula is C33H37F4N5O3S2. The van der Waals surface area contributed by atoms with E-state index in [1.54, 1.807) is 6.07 Å². The second-order valence-corrected chi connectivity index (χ2v) is 15.3. The molecule has 6 rings (SSSR count). The molecule has 0 aliphatic carbocycles. The van der Waals surface area contributed by atoms with E-state index in [9.17, 15) is 30.8 Å². The van der Waals surface area contributed by atoms with Crippen LogP contribution in [0.1, 0.15) is 64.2 Å². The minimum Gasteiger partial charge on any atom is -0.352 e. The maximum absolute atomic E-state index is 14.0. The van der Waals surface area contributed by atoms with Crippen molar-refractivity contribution in [2.24, 2.45) is 0 Å². The Morgan fingerprint density at radius 2 is 1.79 bits per heavy atom. The molecule has 4 heterocycles. The highest BCUT2D eigenvalue weighted by atomic mass is 32.2. The molecule has 2 aliphatic heterocycles. The maximum Gasteiger partial charge on any atom is 0.416 e. The predicted octanol–water partition coefficient (Wildman–Crippen LogP) is 6.26. The molecule has 1 N–H and O–H groups in total. The predicted molar refractivity (Wildman–Crippen MR) is 174 cm³/mol. The Labute approximate surface area is 275 Å². The number of nitrogens with zero attached hydrogens (tertiary/aromatic N) is 4. The van der Waals surface area contributed by atoms with Gasteiger partial charge in [-0.1, -0.05) is 18.2 Å². The fourth-order valence-electron chi connectivity index (χ4n) is 6.78. The number of benzene rings is 2. The van der Waals surface area contributed by atoms with E-state index in [1.807, 2.05) is 11.6 Å². The Morgan fingerprint density at radius 1 is 1.06 bits per heavy atom. The number of sulfonamides is 1. The Morgan fingerprint density at radius 3 is 2.45 bits per heavy atom. The van der Waals surface area contributed by atoms with Crippen LogP contribution in [0.25, 0.3) is 21.3 Å². The number of amides is 1. The lowest BCUT2D eigenvalue weighted by Crippen LogP contribution is -2.36. The Bertz CT molecular complexity index is 1880. The number of alkyl halides is 3. The van der Waals surface area contributed by atoms with Crippen LogP contribution < -0.4 is 5.32 Å². The van der Waals surface area contributed by atoms with Crippen molar-refractivity contribution >= 4 is 37.4 Å². The first kappa shape index (κ1) is 33.6. The third-order valence-electron chi connectivity index (χ3n) is 9.13. The lowest BCUT2D eigenvalue weighted by molar-refractivity contribution is -0.137. The summed E-state index contributed by atoms with van der Waals surface area (Å²) in [5.74, 6) is -0.255. The molecule has 0 atom stereocenters. The number of thiophene rings is 1. The van der Waals surface area contributed by atoms with Gasteiger partial charge in [-0.3, -0.25) is 9.48 Å². The van der Waals surface area contributed by atoms with E-state index in [2.05, 4.69) is 10.2 Å². The summed E-state index contributed by atoms with van der Waals surface area (Å²) in [7, 11) is -3.46. The smallest absolute Gasteiger partial charge is 0.352 e. The van der Waals surface area contributed by atoms with Crippen molar-refractivity contribution in [2.45, 2.75) is 57.8 Å². The van der Waals surface area contributed by atoms with Gasteiger partial charge in [-0.2, -0.15) is 22.6 Å². The summed E-state index contributed by atoms with van der Waals surface area (Å²) in [6, 6.07) is 9.57. The number of aromatic nitrogens is 2. The number of hydrogen-bond donors (Lipinski definition) is 1. The van der Waals surface area contributed by atoms with Gasteiger partial charge in [0, 0.05) is 54.1 Å². The third kappa shape index (κ3) is 7.10. The molecule has 0 saturated carbocycles. The van der Waals surface area contributed by atoms with Crippen LogP contribution in [0.4, 0.5) is 17.6 Å². The monoisotopic (exact) mass is 691 g/mol. The van der Waals surface area contributed by atoms with Gasteiger partial charge in [0.2, 0.25) is 10.0 Å². The summed E-state index contributed by atoms with van der Waals surface area (Å²) in [5.41, 5.74) is 2.93. The molecule has 0 radical (unpaired) electrons. The molecule has 2 aromatic carbocycles. The molecule has 1 fully saturated rings. The van der Waals surface area contributed by atoms with E-state index in [4.69, 9.17) is 5.10 Å². The number of halogens is 4. The maximum atomic E-state index is 14.0. The minimum atomic E-state index is -4.46. The lowest BCUT2D eigenvalue weighted by atomic mass is 9.87. The number of rotatable bonds is 9. The molecule has 8 nitrogen and oxygen atoms in total. The van der Waals surface area contributed by atoms with Crippen molar-refractivity contribution in [3.8, 4) is 11.3 Å². The van der Waals surface area contributed by atoms with Gasteiger partial charge in [-0.25, -0.2) is 12.8 Å². The van der Waals surface area contributed by atoms with E-state index in [0.717, 1.165) is 84.2 Å². The van der Waals surface area contributed by atoms with Crippen LogP contribution >= 0.6 is 11.3 Å². The van der Waals surface area contributed by atoms with Crippen LogP contribution in [0.15, 0.2) is 42.5 Å². The molecule has 1 amide bonds. The van der Waals surface area contributed by atoms with Gasteiger partial charge >= 0.3 is 6.18 Å². The zero-order valence-electron chi connectivity index (χ0n) is 26.2. The first-order valence-electron chi connectivity index (χ1n) is 15.8. The highest BCUT2D eigenvalue weighted by Crippen LogP contribution is 2.41. The van der Waals surface area contributed by atoms with Crippen LogP contribution in [0.2, 0.25) is 0 Å². The molecule has 4 aromatic rings. The van der Waals surface area contributed by atoms with Gasteiger partial charge in [0.15, 0.2) is 0 Å². The summed E-state index contributed by atoms with van der Waals surface area (Å²) in [6.07, 6.45) is -0.315. The zero-order chi connectivity index (χ0) is 33.5. The summed E-state index contributed by atoms with van der Waals surface area (Å²) in [6.45, 7) is 5.92. The average molecular weight is 692 g/mol. The zero-order valence-corrected chi connectivity index (χ0v) is 27.9. The third-order valence-corrected chi connectivity index (χ3v) is 11.5. The van der Waals surface area contributed by atoms with Crippen molar-refractivity contribution < 1.29 is 30.8 Å². The van der Waals surface area contributed by atoms with E-state index in [1.165, 1.54) is 39.9 Å². The normalized spacial score (nSPS) is 16.9. The molecule has 252 valence electrons. The molecule has 2 aromatic heterocycles. The van der Waals surface area contributed by atoms with E-state index in [-0.39, 0.29) is 24.2 Å². The number of nitrogens with one attached hydrogen (secondary N) is 1. The Kier molecular flexibility index (Phi) is 9.49. The Balaban J connectivity index is 1.15. The van der Waals surface area contributed by atoms with Crippen LogP contribution in [-0.4, -0.2) is 72.3 Å². The number of carbonyl (C=O) groups excluding carboxylic acids is 1. The van der Waals surface area contributed by atoms with Crippen molar-refractivity contribution in [2.75, 3.05) is 39.0 Å². The van der Waals surface area contributed by atoms with Crippen LogP contribution in [0, 0.1) is 5.82 Å². The first-order chi connectivity index (χ1) is 22.3. The lowest BCUT2D eigenvalue weighted by Gasteiger charge is -2.32. The van der Waals surface area contributed by atoms with Crippen molar-refractivity contribution in [3.63, 3.8) is 0 Å². The standard InChI is InChI=1S/C33H37F4N5O3S2/c1-3-38-32(43)31-29(25-10-9-24(34)19-28(25)46-31)21-11-16-40(17-12-21)14-4-15-42-27-13-18-41(47(2,44)45)20-26(27)30(39-42)22-5-7-23(8-6-22)33(35,36)37/h5-10,19,21H,3-4,11-18,20H2,1-2H3,(H,38,43). The number of hydrogen-bond acceptors (Lipinski definition) is 6. The molecule has 47 heavy (non-hydrogen) atoms. The molecule has 0 spiro atoms. The largest absolute Gasteiger partial charge is 0.416 e. The van der Waals surface area contributed by atoms with Crippen molar-refractivity contribution in [1.82, 2.24) is 24.3 Å². The molecule has 0 bridgehead atoms. The van der Waals surface area contributed by atoms with E-state index >= 15 is 0 Å². The molecular weight excluding hydrogens is 655 g/mol. The second-order valence-electron chi connectivity index (χ2n) is 12.2. The SMILES string of the molecule is CCNC(=O)c1sc2cc(F)ccc2c1C1CCN(CCCn2nc(-c3ccc(C(F)(F)F)cc3)c3c2CCN(S(C)(=O)=O)C3)CC1. The highest BCUT2D eigenvalue weighted by molar-refractivity contribution is 7.88.